The molecular weight excluding hydrogens is 128 g/mol. The van der Waals surface area contributed by atoms with Crippen molar-refractivity contribution in [1.82, 2.24) is 0 Å². The van der Waals surface area contributed by atoms with Crippen LogP contribution in [0.1, 0.15) is 51.0 Å². The first kappa shape index (κ1) is 214. The Morgan fingerprint density at radius 3 is 0.600 bits per heavy atom. The van der Waals surface area contributed by atoms with Gasteiger partial charge in [-0.2, -0.15) is 7.11 Å². The van der Waals surface area contributed by atoms with Crippen molar-refractivity contribution in [2.24, 2.45) is 0 Å². The van der Waals surface area contributed by atoms with Crippen LogP contribution in [-0.2, 0) is 0 Å². The zero-order chi connectivity index (χ0) is 4.00. The van der Waals surface area contributed by atoms with E-state index in [9.17, 15) is 0 Å². The predicted molar refractivity (Wildman–Crippen MR) is 54.5 cm³/mol. The van der Waals surface area contributed by atoms with Crippen LogP contribution in [0.5, 0.6) is 0 Å². The van der Waals surface area contributed by atoms with E-state index in [0.717, 1.165) is 7.11 Å². The molecule has 0 aliphatic heterocycles. The normalized spacial score (nSPS) is 1.20. The fourth-order valence-corrected chi connectivity index (χ4v) is 0. The number of hydrogen-bond acceptors (Lipinski definition) is 1. The Labute approximate surface area is 69.6 Å². The van der Waals surface area contributed by atoms with Gasteiger partial charge in [0.05, 0.1) is 0 Å². The molecule has 0 aromatic heterocycles. The Bertz CT molecular complexity index is 7.22. The van der Waals surface area contributed by atoms with Gasteiger partial charge in [-0.05, 0) is 0 Å². The Balaban J connectivity index is -0.000000000833. The molecule has 0 spiro atoms. The first-order chi connectivity index (χ1) is 2.00. The molecule has 0 aliphatic rings. The van der Waals surface area contributed by atoms with Gasteiger partial charge in [-0.15, -0.1) is 0 Å². The first-order valence-electron chi connectivity index (χ1n) is 1.41. The van der Waals surface area contributed by atoms with Gasteiger partial charge in [0.1, 0.15) is 0 Å². The molecular formula is C8H31O2-. The number of hydrogen-bond donors (Lipinski definition) is 0. The molecule has 2 heteroatoms. The first-order valence-corrected chi connectivity index (χ1v) is 1.41. The van der Waals surface area contributed by atoms with Crippen molar-refractivity contribution in [3.8, 4) is 0 Å². The minimum Gasteiger partial charge on any atom is -0.857 e. The van der Waals surface area contributed by atoms with Crippen LogP contribution in [0.25, 0.3) is 0 Å². The van der Waals surface area contributed by atoms with E-state index in [4.69, 9.17) is 5.11 Å². The average molecular weight is 159 g/mol. The molecule has 0 bridgehead atoms. The Morgan fingerprint density at radius 2 is 0.600 bits per heavy atom. The van der Waals surface area contributed by atoms with E-state index in [0.29, 0.717) is 0 Å². The summed E-state index contributed by atoms with van der Waals surface area (Å²) in [5, 5.41) is 8.25. The molecule has 0 rings (SSSR count). The second-order valence-corrected chi connectivity index (χ2v) is 0. The fraction of sp³-hybridized carbons (Fsp3) is 1.00. The lowest BCUT2D eigenvalue weighted by Gasteiger charge is -1.57. The molecule has 76 valence electrons. The fourth-order valence-electron chi connectivity index (χ4n) is 0. The van der Waals surface area contributed by atoms with Crippen molar-refractivity contribution in [1.29, 1.82) is 0 Å². The maximum absolute atomic E-state index is 8.25. The third-order valence-corrected chi connectivity index (χ3v) is 0. The molecule has 0 aromatic rings. The van der Waals surface area contributed by atoms with Crippen molar-refractivity contribution < 1.29 is 10.6 Å². The zero-order valence-electron chi connectivity index (χ0n) is 3.91. The summed E-state index contributed by atoms with van der Waals surface area (Å²) >= 11 is 0. The van der Waals surface area contributed by atoms with Crippen molar-refractivity contribution in [3.05, 3.63) is 0 Å². The molecule has 0 aliphatic carbocycles. The van der Waals surface area contributed by atoms with Crippen LogP contribution in [-0.4, -0.2) is 12.6 Å². The Hall–Kier alpha value is -0.0800. The van der Waals surface area contributed by atoms with Crippen molar-refractivity contribution in [3.63, 3.8) is 0 Å². The molecule has 0 amide bonds. The van der Waals surface area contributed by atoms with Crippen molar-refractivity contribution >= 4 is 0 Å². The molecule has 0 heterocycles. The van der Waals surface area contributed by atoms with E-state index < -0.39 is 0 Å². The average Bonchev–Trinajstić information content (AvgIpc) is 1.50. The molecule has 0 radical (unpaired) electrons. The van der Waals surface area contributed by atoms with Crippen LogP contribution in [0.15, 0.2) is 0 Å². The van der Waals surface area contributed by atoms with Crippen LogP contribution in [0.2, 0.25) is 0 Å². The smallest absolute Gasteiger partial charge is 0.0683 e. The Morgan fingerprint density at radius 1 is 0.600 bits per heavy atom. The SMILES string of the molecule is C.C.C.C.C.CC.C[O-].O. The van der Waals surface area contributed by atoms with Gasteiger partial charge in [-0.25, -0.2) is 0 Å². The van der Waals surface area contributed by atoms with E-state index in [1.54, 1.807) is 0 Å². The van der Waals surface area contributed by atoms with E-state index >= 15 is 0 Å². The number of rotatable bonds is 0. The monoisotopic (exact) mass is 159 g/mol. The lowest BCUT2D eigenvalue weighted by atomic mass is 11.0. The van der Waals surface area contributed by atoms with Gasteiger partial charge in [0.25, 0.3) is 0 Å². The molecule has 2 N–H and O–H groups in total. The minimum absolute atomic E-state index is 0. The standard InChI is InChI=1S/C2H6.CH3O.5CH4.H2O/c2*1-2;;;;;;/h1-2H3;1H3;5*1H4;1H2/q;-1;;;;;;. The lowest BCUT2D eigenvalue weighted by molar-refractivity contribution is -0.325. The molecule has 0 saturated carbocycles. The molecule has 0 aromatic carbocycles. The topological polar surface area (TPSA) is 54.6 Å². The van der Waals surface area contributed by atoms with E-state index in [1.807, 2.05) is 13.8 Å². The molecule has 0 atom stereocenters. The second-order valence-electron chi connectivity index (χ2n) is 0. The van der Waals surface area contributed by atoms with Crippen molar-refractivity contribution in [2.45, 2.75) is 51.0 Å². The summed E-state index contributed by atoms with van der Waals surface area (Å²) < 4.78 is 0. The van der Waals surface area contributed by atoms with Crippen LogP contribution < -0.4 is 5.11 Å². The minimum atomic E-state index is 0. The van der Waals surface area contributed by atoms with Crippen molar-refractivity contribution in [2.75, 3.05) is 7.11 Å². The van der Waals surface area contributed by atoms with Gasteiger partial charge < -0.3 is 10.6 Å². The summed E-state index contributed by atoms with van der Waals surface area (Å²) in [6.45, 7) is 4.00. The highest BCUT2D eigenvalue weighted by Crippen LogP contribution is 1.14. The van der Waals surface area contributed by atoms with Gasteiger partial charge in [-0.3, -0.25) is 0 Å². The summed E-state index contributed by atoms with van der Waals surface area (Å²) in [6, 6.07) is 0. The zero-order valence-corrected chi connectivity index (χ0v) is 3.91. The third-order valence-electron chi connectivity index (χ3n) is 0. The molecule has 0 saturated heterocycles. The lowest BCUT2D eigenvalue weighted by Crippen LogP contribution is -1.81. The van der Waals surface area contributed by atoms with Gasteiger partial charge in [0.15, 0.2) is 0 Å². The summed E-state index contributed by atoms with van der Waals surface area (Å²) in [6.07, 6.45) is 0. The van der Waals surface area contributed by atoms with Gasteiger partial charge >= 0.3 is 0 Å². The molecule has 10 heavy (non-hydrogen) atoms. The van der Waals surface area contributed by atoms with E-state index in [2.05, 4.69) is 0 Å². The van der Waals surface area contributed by atoms with E-state index in [1.165, 1.54) is 0 Å². The summed E-state index contributed by atoms with van der Waals surface area (Å²) in [5.74, 6) is 0. The largest absolute Gasteiger partial charge is 0.857 e. The van der Waals surface area contributed by atoms with Crippen LogP contribution >= 0.6 is 0 Å². The highest BCUT2D eigenvalue weighted by molar-refractivity contribution is 3.50. The molecule has 0 fully saturated rings. The van der Waals surface area contributed by atoms with Gasteiger partial charge in [-0.1, -0.05) is 51.0 Å². The highest BCUT2D eigenvalue weighted by Gasteiger charge is 0.932. The molecule has 2 nitrogen and oxygen atoms in total. The van der Waals surface area contributed by atoms with E-state index in [-0.39, 0.29) is 42.6 Å². The Kier molecular flexibility index (Phi) is 1870000. The van der Waals surface area contributed by atoms with Crippen LogP contribution in [0.3, 0.4) is 0 Å². The highest BCUT2D eigenvalue weighted by atomic mass is 16.2. The summed E-state index contributed by atoms with van der Waals surface area (Å²) in [4.78, 5) is 0. The van der Waals surface area contributed by atoms with Crippen LogP contribution in [0, 0.1) is 0 Å². The predicted octanol–water partition coefficient (Wildman–Crippen LogP) is 2.36. The maximum atomic E-state index is 8.25. The quantitative estimate of drug-likeness (QED) is 0.535. The molecule has 0 unspecified atom stereocenters. The second kappa shape index (κ2) is 87400. The maximum Gasteiger partial charge on any atom is -0.0683 e. The van der Waals surface area contributed by atoms with Gasteiger partial charge in [0.2, 0.25) is 0 Å². The van der Waals surface area contributed by atoms with Gasteiger partial charge in [0, 0.05) is 0 Å². The summed E-state index contributed by atoms with van der Waals surface area (Å²) in [7, 11) is 0.750. The summed E-state index contributed by atoms with van der Waals surface area (Å²) in [5.41, 5.74) is 0. The third kappa shape index (κ3) is 59300. The van der Waals surface area contributed by atoms with Crippen LogP contribution in [0.4, 0.5) is 0 Å².